The van der Waals surface area contributed by atoms with Gasteiger partial charge in [0.2, 0.25) is 0 Å². The molecule has 21 heavy (non-hydrogen) atoms. The van der Waals surface area contributed by atoms with Gasteiger partial charge in [-0.25, -0.2) is 0 Å². The molecule has 1 atom stereocenters. The molecule has 0 aliphatic carbocycles. The Morgan fingerprint density at radius 2 is 2.05 bits per heavy atom. The van der Waals surface area contributed by atoms with Gasteiger partial charge in [0.25, 0.3) is 11.6 Å². The van der Waals surface area contributed by atoms with Crippen LogP contribution >= 0.6 is 27.5 Å². The maximum atomic E-state index is 12.1. The fourth-order valence-electron chi connectivity index (χ4n) is 2.10. The SMILES string of the molecule is CCC(CC)C(Br)CNC(=O)c1cc(Cl)ccc1[N+](=O)[O-]. The fraction of sp³-hybridized carbons (Fsp3) is 0.500. The molecule has 116 valence electrons. The van der Waals surface area contributed by atoms with Crippen LogP contribution in [0.3, 0.4) is 0 Å². The van der Waals surface area contributed by atoms with E-state index in [0.717, 1.165) is 12.8 Å². The minimum atomic E-state index is -0.586. The first-order chi connectivity index (χ1) is 9.90. The second kappa shape index (κ2) is 8.34. The molecule has 1 amide bonds. The Hall–Kier alpha value is -1.14. The standard InChI is InChI=1S/C14H18BrClN2O3/c1-3-9(4-2)12(15)8-17-14(19)11-7-10(16)5-6-13(11)18(20)21/h5-7,9,12H,3-4,8H2,1-2H3,(H,17,19). The van der Waals surface area contributed by atoms with E-state index in [4.69, 9.17) is 11.6 Å². The number of nitrogens with one attached hydrogen (secondary N) is 1. The van der Waals surface area contributed by atoms with Crippen molar-refractivity contribution in [1.82, 2.24) is 5.32 Å². The van der Waals surface area contributed by atoms with Gasteiger partial charge in [-0.15, -0.1) is 0 Å². The van der Waals surface area contributed by atoms with E-state index in [1.54, 1.807) is 0 Å². The highest BCUT2D eigenvalue weighted by atomic mass is 79.9. The van der Waals surface area contributed by atoms with Crippen molar-refractivity contribution >= 4 is 39.1 Å². The Morgan fingerprint density at radius 1 is 1.43 bits per heavy atom. The van der Waals surface area contributed by atoms with Crippen molar-refractivity contribution < 1.29 is 9.72 Å². The van der Waals surface area contributed by atoms with Gasteiger partial charge in [0.1, 0.15) is 5.56 Å². The highest BCUT2D eigenvalue weighted by Gasteiger charge is 2.22. The van der Waals surface area contributed by atoms with Crippen LogP contribution in [0.25, 0.3) is 0 Å². The largest absolute Gasteiger partial charge is 0.351 e. The molecule has 0 fully saturated rings. The first kappa shape index (κ1) is 17.9. The molecular weight excluding hydrogens is 360 g/mol. The predicted octanol–water partition coefficient (Wildman–Crippen LogP) is 4.18. The van der Waals surface area contributed by atoms with Crippen LogP contribution in [0.4, 0.5) is 5.69 Å². The van der Waals surface area contributed by atoms with Gasteiger partial charge in [0.15, 0.2) is 0 Å². The van der Waals surface area contributed by atoms with E-state index in [0.29, 0.717) is 17.5 Å². The molecule has 0 saturated heterocycles. The number of amides is 1. The van der Waals surface area contributed by atoms with Crippen molar-refractivity contribution in [2.24, 2.45) is 5.92 Å². The molecule has 0 bridgehead atoms. The molecule has 0 radical (unpaired) electrons. The highest BCUT2D eigenvalue weighted by molar-refractivity contribution is 9.09. The van der Waals surface area contributed by atoms with Crippen LogP contribution in [-0.4, -0.2) is 22.2 Å². The third-order valence-electron chi connectivity index (χ3n) is 3.42. The fourth-order valence-corrected chi connectivity index (χ4v) is 3.18. The number of carbonyl (C=O) groups is 1. The highest BCUT2D eigenvalue weighted by Crippen LogP contribution is 2.23. The van der Waals surface area contributed by atoms with Crippen LogP contribution in [0.1, 0.15) is 37.0 Å². The van der Waals surface area contributed by atoms with Gasteiger partial charge in [-0.2, -0.15) is 0 Å². The number of nitrogens with zero attached hydrogens (tertiary/aromatic N) is 1. The molecule has 1 unspecified atom stereocenters. The molecule has 7 heteroatoms. The summed E-state index contributed by atoms with van der Waals surface area (Å²) < 4.78 is 0. The number of rotatable bonds is 7. The maximum Gasteiger partial charge on any atom is 0.282 e. The molecule has 1 rings (SSSR count). The van der Waals surface area contributed by atoms with E-state index < -0.39 is 10.8 Å². The Morgan fingerprint density at radius 3 is 2.57 bits per heavy atom. The van der Waals surface area contributed by atoms with Crippen LogP contribution in [0.2, 0.25) is 5.02 Å². The summed E-state index contributed by atoms with van der Waals surface area (Å²) in [6, 6.07) is 3.95. The smallest absolute Gasteiger partial charge is 0.282 e. The zero-order chi connectivity index (χ0) is 16.0. The number of hydrogen-bond acceptors (Lipinski definition) is 3. The summed E-state index contributed by atoms with van der Waals surface area (Å²) >= 11 is 9.36. The average Bonchev–Trinajstić information content (AvgIpc) is 2.45. The number of halogens is 2. The van der Waals surface area contributed by atoms with Crippen molar-refractivity contribution in [3.05, 3.63) is 38.9 Å². The maximum absolute atomic E-state index is 12.1. The van der Waals surface area contributed by atoms with E-state index in [9.17, 15) is 14.9 Å². The predicted molar refractivity (Wildman–Crippen MR) is 87.2 cm³/mol. The molecule has 5 nitrogen and oxygen atoms in total. The zero-order valence-electron chi connectivity index (χ0n) is 11.9. The lowest BCUT2D eigenvalue weighted by Crippen LogP contribution is -2.33. The lowest BCUT2D eigenvalue weighted by molar-refractivity contribution is -0.385. The van der Waals surface area contributed by atoms with Gasteiger partial charge in [-0.05, 0) is 18.1 Å². The number of alkyl halides is 1. The summed E-state index contributed by atoms with van der Waals surface area (Å²) in [7, 11) is 0. The Balaban J connectivity index is 2.80. The first-order valence-corrected chi connectivity index (χ1v) is 8.06. The lowest BCUT2D eigenvalue weighted by atomic mass is 9.99. The van der Waals surface area contributed by atoms with Crippen LogP contribution in [0.15, 0.2) is 18.2 Å². The summed E-state index contributed by atoms with van der Waals surface area (Å²) in [5.41, 5.74) is -0.262. The van der Waals surface area contributed by atoms with Gasteiger partial charge < -0.3 is 5.32 Å². The average molecular weight is 378 g/mol. The number of nitro benzene ring substituents is 1. The zero-order valence-corrected chi connectivity index (χ0v) is 14.3. The van der Waals surface area contributed by atoms with Crippen molar-refractivity contribution in [2.45, 2.75) is 31.5 Å². The molecule has 0 saturated carbocycles. The molecule has 0 aliphatic heterocycles. The molecule has 0 heterocycles. The minimum Gasteiger partial charge on any atom is -0.351 e. The van der Waals surface area contributed by atoms with Crippen molar-refractivity contribution in [2.75, 3.05) is 6.54 Å². The number of hydrogen-bond donors (Lipinski definition) is 1. The molecule has 0 aliphatic rings. The lowest BCUT2D eigenvalue weighted by Gasteiger charge is -2.19. The van der Waals surface area contributed by atoms with Crippen LogP contribution < -0.4 is 5.32 Å². The summed E-state index contributed by atoms with van der Waals surface area (Å²) in [5, 5.41) is 14.0. The molecule has 1 aromatic carbocycles. The van der Waals surface area contributed by atoms with Crippen molar-refractivity contribution in [3.63, 3.8) is 0 Å². The van der Waals surface area contributed by atoms with E-state index in [-0.39, 0.29) is 16.1 Å². The van der Waals surface area contributed by atoms with Gasteiger partial charge >= 0.3 is 0 Å². The third kappa shape index (κ3) is 4.97. The summed E-state index contributed by atoms with van der Waals surface area (Å²) in [4.78, 5) is 22.6. The summed E-state index contributed by atoms with van der Waals surface area (Å²) in [5.74, 6) is -0.0424. The van der Waals surface area contributed by atoms with Crippen LogP contribution in [-0.2, 0) is 0 Å². The molecular formula is C14H18BrClN2O3. The number of carbonyl (C=O) groups excluding carboxylic acids is 1. The van der Waals surface area contributed by atoms with E-state index in [2.05, 4.69) is 35.1 Å². The second-order valence-corrected chi connectivity index (χ2v) is 6.33. The van der Waals surface area contributed by atoms with Gasteiger partial charge in [-0.3, -0.25) is 14.9 Å². The summed E-state index contributed by atoms with van der Waals surface area (Å²) in [6.07, 6.45) is 2.00. The van der Waals surface area contributed by atoms with E-state index >= 15 is 0 Å². The van der Waals surface area contributed by atoms with E-state index in [1.165, 1.54) is 18.2 Å². The van der Waals surface area contributed by atoms with Gasteiger partial charge in [-0.1, -0.05) is 54.2 Å². The van der Waals surface area contributed by atoms with Crippen molar-refractivity contribution in [1.29, 1.82) is 0 Å². The van der Waals surface area contributed by atoms with Gasteiger partial charge in [0.05, 0.1) is 4.92 Å². The Bertz CT molecular complexity index is 521. The molecule has 0 aromatic heterocycles. The number of nitro groups is 1. The van der Waals surface area contributed by atoms with Crippen molar-refractivity contribution in [3.8, 4) is 0 Å². The molecule has 1 N–H and O–H groups in total. The summed E-state index contributed by atoms with van der Waals surface area (Å²) in [6.45, 7) is 4.59. The van der Waals surface area contributed by atoms with Crippen LogP contribution in [0.5, 0.6) is 0 Å². The minimum absolute atomic E-state index is 0.0169. The molecule has 1 aromatic rings. The monoisotopic (exact) mass is 376 g/mol. The van der Waals surface area contributed by atoms with E-state index in [1.807, 2.05) is 0 Å². The Kier molecular flexibility index (Phi) is 7.11. The Labute approximate surface area is 137 Å². The normalized spacial score (nSPS) is 12.2. The number of benzene rings is 1. The van der Waals surface area contributed by atoms with Crippen LogP contribution in [0, 0.1) is 16.0 Å². The first-order valence-electron chi connectivity index (χ1n) is 6.76. The quantitative estimate of drug-likeness (QED) is 0.440. The second-order valence-electron chi connectivity index (χ2n) is 4.72. The topological polar surface area (TPSA) is 72.2 Å². The molecule has 0 spiro atoms. The third-order valence-corrected chi connectivity index (χ3v) is 4.72. The van der Waals surface area contributed by atoms with Gasteiger partial charge in [0, 0.05) is 22.5 Å².